The number of aromatic nitrogens is 2. The van der Waals surface area contributed by atoms with Crippen molar-refractivity contribution in [3.63, 3.8) is 0 Å². The molecule has 3 aromatic rings. The lowest BCUT2D eigenvalue weighted by molar-refractivity contribution is -0.133. The van der Waals surface area contributed by atoms with E-state index in [1.54, 1.807) is 6.07 Å². The maximum atomic E-state index is 14.2. The van der Waals surface area contributed by atoms with Gasteiger partial charge >= 0.3 is 0 Å². The third kappa shape index (κ3) is 4.69. The first-order valence-corrected chi connectivity index (χ1v) is 10.0. The van der Waals surface area contributed by atoms with Crippen molar-refractivity contribution in [1.29, 1.82) is 0 Å². The second-order valence-corrected chi connectivity index (χ2v) is 8.04. The first-order chi connectivity index (χ1) is 15.1. The van der Waals surface area contributed by atoms with E-state index in [1.165, 1.54) is 12.3 Å². The van der Waals surface area contributed by atoms with Crippen molar-refractivity contribution >= 4 is 34.4 Å². The highest BCUT2D eigenvalue weighted by molar-refractivity contribution is 6.31. The number of aromatic amines is 1. The van der Waals surface area contributed by atoms with Crippen molar-refractivity contribution < 1.29 is 27.2 Å². The van der Waals surface area contributed by atoms with Gasteiger partial charge in [-0.1, -0.05) is 17.7 Å². The topological polar surface area (TPSA) is 78.1 Å². The number of amides is 2. The third-order valence-corrected chi connectivity index (χ3v) is 5.41. The lowest BCUT2D eigenvalue weighted by Gasteiger charge is -2.24. The minimum Gasteiger partial charge on any atom is -0.339 e. The number of alkyl halides is 2. The zero-order valence-corrected chi connectivity index (χ0v) is 17.2. The summed E-state index contributed by atoms with van der Waals surface area (Å²) in [5, 5.41) is 3.39. The van der Waals surface area contributed by atoms with E-state index in [4.69, 9.17) is 11.6 Å². The Morgan fingerprint density at radius 1 is 1.25 bits per heavy atom. The predicted molar refractivity (Wildman–Crippen MR) is 109 cm³/mol. The number of carbonyl (C=O) groups excluding carboxylic acids is 2. The lowest BCUT2D eigenvalue weighted by Crippen LogP contribution is -2.49. The molecule has 11 heteroatoms. The van der Waals surface area contributed by atoms with Gasteiger partial charge in [0.05, 0.1) is 11.6 Å². The molecule has 1 atom stereocenters. The number of likely N-dealkylation sites (tertiary alicyclic amines) is 1. The number of nitrogens with one attached hydrogen (secondary N) is 2. The van der Waals surface area contributed by atoms with E-state index in [9.17, 15) is 27.2 Å². The quantitative estimate of drug-likeness (QED) is 0.560. The lowest BCUT2D eigenvalue weighted by atomic mass is 10.0. The van der Waals surface area contributed by atoms with Gasteiger partial charge in [0.25, 0.3) is 11.8 Å². The normalized spacial score (nSPS) is 16.3. The highest BCUT2D eigenvalue weighted by Gasteiger charge is 2.42. The zero-order chi connectivity index (χ0) is 23.0. The summed E-state index contributed by atoms with van der Waals surface area (Å²) in [5.41, 5.74) is 0.395. The Bertz CT molecular complexity index is 1200. The highest BCUT2D eigenvalue weighted by atomic mass is 35.5. The van der Waals surface area contributed by atoms with Gasteiger partial charge in [-0.15, -0.1) is 0 Å². The predicted octanol–water partition coefficient (Wildman–Crippen LogP) is 3.70. The van der Waals surface area contributed by atoms with Gasteiger partial charge < -0.3 is 15.2 Å². The van der Waals surface area contributed by atoms with Gasteiger partial charge in [-0.2, -0.15) is 0 Å². The van der Waals surface area contributed by atoms with Crippen LogP contribution in [0.5, 0.6) is 0 Å². The third-order valence-electron chi connectivity index (χ3n) is 5.21. The van der Waals surface area contributed by atoms with E-state index < -0.39 is 48.4 Å². The van der Waals surface area contributed by atoms with Crippen molar-refractivity contribution in [2.45, 2.75) is 24.8 Å². The van der Waals surface area contributed by atoms with Gasteiger partial charge in [0, 0.05) is 37.0 Å². The summed E-state index contributed by atoms with van der Waals surface area (Å²) in [6.07, 6.45) is 0.543. The number of fused-ring (bicyclic) bond motifs is 1. The molecule has 0 saturated carbocycles. The zero-order valence-electron chi connectivity index (χ0n) is 16.5. The molecule has 4 rings (SSSR count). The number of carbonyl (C=O) groups is 2. The largest absolute Gasteiger partial charge is 0.339 e. The number of hydrogen-bond acceptors (Lipinski definition) is 3. The molecule has 6 nitrogen and oxygen atoms in total. The molecule has 0 spiro atoms. The molecular weight excluding hydrogens is 452 g/mol. The van der Waals surface area contributed by atoms with Gasteiger partial charge in [0.2, 0.25) is 5.91 Å². The Morgan fingerprint density at radius 2 is 2.03 bits per heavy atom. The van der Waals surface area contributed by atoms with Gasteiger partial charge in [0.15, 0.2) is 0 Å². The summed E-state index contributed by atoms with van der Waals surface area (Å²) in [6.45, 7) is -0.988. The minimum absolute atomic E-state index is 0.0406. The van der Waals surface area contributed by atoms with E-state index in [0.29, 0.717) is 22.1 Å². The number of rotatable bonds is 5. The van der Waals surface area contributed by atoms with Gasteiger partial charge in [-0.05, 0) is 23.8 Å². The molecule has 1 aliphatic heterocycles. The molecular formula is C21H17ClF4N4O2. The van der Waals surface area contributed by atoms with Crippen molar-refractivity contribution in [2.75, 3.05) is 13.1 Å². The molecule has 1 aromatic carbocycles. The fourth-order valence-electron chi connectivity index (χ4n) is 3.60. The average molecular weight is 469 g/mol. The fourth-order valence-corrected chi connectivity index (χ4v) is 3.76. The van der Waals surface area contributed by atoms with Gasteiger partial charge in [0.1, 0.15) is 29.0 Å². The molecule has 2 amide bonds. The van der Waals surface area contributed by atoms with E-state index >= 15 is 0 Å². The van der Waals surface area contributed by atoms with Crippen LogP contribution in [0.25, 0.3) is 11.0 Å². The molecule has 3 heterocycles. The standard InChI is InChI=1S/C21H17ClF4N4O2/c22-13-5-12-7-16(28-18(12)27-9-13)19(31)29-17(6-11-1-2-14(23)8-15(11)24)20(32)30-4-3-21(25,26)10-30/h1-2,5,7-9,17H,3-4,6,10H2,(H,27,28)(H,29,31)/t17-/m0/s1. The van der Waals surface area contributed by atoms with E-state index in [2.05, 4.69) is 15.3 Å². The average Bonchev–Trinajstić information content (AvgIpc) is 3.31. The summed E-state index contributed by atoms with van der Waals surface area (Å²) in [4.78, 5) is 33.5. The summed E-state index contributed by atoms with van der Waals surface area (Å²) < 4.78 is 54.7. The van der Waals surface area contributed by atoms with Crippen LogP contribution in [-0.4, -0.2) is 51.7 Å². The van der Waals surface area contributed by atoms with Crippen molar-refractivity contribution in [1.82, 2.24) is 20.2 Å². The molecule has 1 fully saturated rings. The molecule has 168 valence electrons. The van der Waals surface area contributed by atoms with Crippen LogP contribution in [0, 0.1) is 11.6 Å². The number of pyridine rings is 1. The Labute approximate surface area is 184 Å². The molecule has 0 unspecified atom stereocenters. The van der Waals surface area contributed by atoms with Gasteiger partial charge in [-0.25, -0.2) is 22.5 Å². The number of halogens is 5. The van der Waals surface area contributed by atoms with Crippen molar-refractivity contribution in [3.8, 4) is 0 Å². The Hall–Kier alpha value is -3.14. The van der Waals surface area contributed by atoms with Crippen LogP contribution in [0.3, 0.4) is 0 Å². The fraction of sp³-hybridized carbons (Fsp3) is 0.286. The Kier molecular flexibility index (Phi) is 5.81. The first kappa shape index (κ1) is 22.1. The van der Waals surface area contributed by atoms with Crippen LogP contribution < -0.4 is 5.32 Å². The second kappa shape index (κ2) is 8.42. The maximum Gasteiger partial charge on any atom is 0.268 e. The van der Waals surface area contributed by atoms with Crippen LogP contribution in [0.2, 0.25) is 5.02 Å². The van der Waals surface area contributed by atoms with Crippen LogP contribution in [-0.2, 0) is 11.2 Å². The van der Waals surface area contributed by atoms with Crippen LogP contribution in [0.15, 0.2) is 36.5 Å². The molecule has 0 radical (unpaired) electrons. The summed E-state index contributed by atoms with van der Waals surface area (Å²) in [7, 11) is 0. The monoisotopic (exact) mass is 468 g/mol. The molecule has 0 bridgehead atoms. The smallest absolute Gasteiger partial charge is 0.268 e. The number of nitrogens with zero attached hydrogens (tertiary/aromatic N) is 2. The molecule has 1 aliphatic rings. The number of H-pyrrole nitrogens is 1. The second-order valence-electron chi connectivity index (χ2n) is 7.61. The Balaban J connectivity index is 1.59. The van der Waals surface area contributed by atoms with E-state index in [1.807, 2.05) is 0 Å². The van der Waals surface area contributed by atoms with Crippen LogP contribution >= 0.6 is 11.6 Å². The van der Waals surface area contributed by atoms with Gasteiger partial charge in [-0.3, -0.25) is 9.59 Å². The molecule has 0 aliphatic carbocycles. The SMILES string of the molecule is O=C(N[C@@H](Cc1ccc(F)cc1F)C(=O)N1CCC(F)(F)C1)c1cc2cc(Cl)cnc2[nH]1. The van der Waals surface area contributed by atoms with Crippen LogP contribution in [0.1, 0.15) is 22.5 Å². The number of benzene rings is 1. The molecule has 32 heavy (non-hydrogen) atoms. The molecule has 1 saturated heterocycles. The summed E-state index contributed by atoms with van der Waals surface area (Å²) in [6, 6.07) is 4.51. The van der Waals surface area contributed by atoms with E-state index in [0.717, 1.165) is 17.0 Å². The molecule has 2 aromatic heterocycles. The summed E-state index contributed by atoms with van der Waals surface area (Å²) in [5.74, 6) is -6.25. The van der Waals surface area contributed by atoms with Crippen molar-refractivity contribution in [3.05, 3.63) is 64.4 Å². The van der Waals surface area contributed by atoms with Crippen LogP contribution in [0.4, 0.5) is 17.6 Å². The summed E-state index contributed by atoms with van der Waals surface area (Å²) >= 11 is 5.89. The maximum absolute atomic E-state index is 14.2. The first-order valence-electron chi connectivity index (χ1n) is 9.67. The molecule has 2 N–H and O–H groups in total. The minimum atomic E-state index is -3.03. The number of hydrogen-bond donors (Lipinski definition) is 2. The van der Waals surface area contributed by atoms with E-state index in [-0.39, 0.29) is 24.2 Å². The van der Waals surface area contributed by atoms with Crippen molar-refractivity contribution in [2.24, 2.45) is 0 Å². The Morgan fingerprint density at radius 3 is 2.72 bits per heavy atom. The highest BCUT2D eigenvalue weighted by Crippen LogP contribution is 2.27.